The molecule has 0 heterocycles. The Labute approximate surface area is 125 Å². The quantitative estimate of drug-likeness (QED) is 0.828. The number of rotatable bonds is 2. The monoisotopic (exact) mass is 332 g/mol. The number of amides is 2. The van der Waals surface area contributed by atoms with Gasteiger partial charge in [-0.25, -0.2) is 0 Å². The summed E-state index contributed by atoms with van der Waals surface area (Å²) in [5.41, 5.74) is 2.14. The van der Waals surface area contributed by atoms with Gasteiger partial charge in [-0.3, -0.25) is 9.59 Å². The summed E-state index contributed by atoms with van der Waals surface area (Å²) in [4.78, 5) is 23.5. The molecule has 2 aromatic carbocycles. The lowest BCUT2D eigenvalue weighted by molar-refractivity contribution is -0.132. The van der Waals surface area contributed by atoms with Crippen LogP contribution in [0, 0.1) is 6.92 Å². The van der Waals surface area contributed by atoms with Crippen LogP contribution in [0.3, 0.4) is 0 Å². The third-order valence-electron chi connectivity index (χ3n) is 2.65. The molecule has 0 aliphatic carbocycles. The van der Waals surface area contributed by atoms with Gasteiger partial charge in [0.05, 0.1) is 0 Å². The van der Waals surface area contributed by atoms with Crippen molar-refractivity contribution in [3.05, 3.63) is 58.6 Å². The molecule has 0 aliphatic heterocycles. The number of para-hydroxylation sites is 1. The minimum atomic E-state index is -0.699. The van der Waals surface area contributed by atoms with Gasteiger partial charge in [-0.1, -0.05) is 34.1 Å². The Morgan fingerprint density at radius 1 is 0.900 bits per heavy atom. The number of hydrogen-bond acceptors (Lipinski definition) is 2. The fourth-order valence-electron chi connectivity index (χ4n) is 1.62. The van der Waals surface area contributed by atoms with E-state index in [4.69, 9.17) is 0 Å². The van der Waals surface area contributed by atoms with Gasteiger partial charge in [0.2, 0.25) is 0 Å². The maximum Gasteiger partial charge on any atom is 0.314 e. The van der Waals surface area contributed by atoms with E-state index in [-0.39, 0.29) is 0 Å². The molecular weight excluding hydrogens is 320 g/mol. The first kappa shape index (κ1) is 14.3. The lowest BCUT2D eigenvalue weighted by Gasteiger charge is -2.07. The van der Waals surface area contributed by atoms with Gasteiger partial charge in [-0.2, -0.15) is 0 Å². The minimum Gasteiger partial charge on any atom is -0.318 e. The predicted molar refractivity (Wildman–Crippen MR) is 82.6 cm³/mol. The molecule has 0 fully saturated rings. The average molecular weight is 333 g/mol. The van der Waals surface area contributed by atoms with Crippen molar-refractivity contribution in [2.24, 2.45) is 0 Å². The first-order chi connectivity index (χ1) is 9.56. The van der Waals surface area contributed by atoms with E-state index in [0.717, 1.165) is 10.0 Å². The van der Waals surface area contributed by atoms with Crippen molar-refractivity contribution in [3.63, 3.8) is 0 Å². The molecule has 2 amide bonds. The highest BCUT2D eigenvalue weighted by atomic mass is 79.9. The van der Waals surface area contributed by atoms with Gasteiger partial charge in [0, 0.05) is 15.8 Å². The summed E-state index contributed by atoms with van der Waals surface area (Å²) in [6, 6.07) is 14.2. The van der Waals surface area contributed by atoms with E-state index in [0.29, 0.717) is 11.4 Å². The van der Waals surface area contributed by atoms with E-state index < -0.39 is 11.8 Å². The van der Waals surface area contributed by atoms with E-state index in [2.05, 4.69) is 26.6 Å². The summed E-state index contributed by atoms with van der Waals surface area (Å²) >= 11 is 3.38. The molecule has 0 saturated heterocycles. The molecule has 102 valence electrons. The molecule has 0 aromatic heterocycles. The number of anilines is 2. The van der Waals surface area contributed by atoms with Crippen LogP contribution in [0.2, 0.25) is 0 Å². The van der Waals surface area contributed by atoms with E-state index in [1.807, 2.05) is 19.1 Å². The Morgan fingerprint density at radius 2 is 1.50 bits per heavy atom. The molecule has 4 nitrogen and oxygen atoms in total. The number of nitrogens with one attached hydrogen (secondary N) is 2. The molecule has 0 bridgehead atoms. The van der Waals surface area contributed by atoms with Gasteiger partial charge < -0.3 is 10.6 Å². The molecular formula is C15H13BrN2O2. The van der Waals surface area contributed by atoms with Gasteiger partial charge in [0.25, 0.3) is 0 Å². The number of carbonyl (C=O) groups excluding carboxylic acids is 2. The van der Waals surface area contributed by atoms with Gasteiger partial charge in [0.1, 0.15) is 0 Å². The average Bonchev–Trinajstić information content (AvgIpc) is 2.44. The topological polar surface area (TPSA) is 58.2 Å². The SMILES string of the molecule is Cc1cc(NC(=O)C(=O)Nc2ccccc2)ccc1Br. The zero-order chi connectivity index (χ0) is 14.5. The Balaban J connectivity index is 2.01. The fourth-order valence-corrected chi connectivity index (χ4v) is 1.87. The highest BCUT2D eigenvalue weighted by Crippen LogP contribution is 2.20. The summed E-state index contributed by atoms with van der Waals surface area (Å²) in [6.45, 7) is 1.91. The summed E-state index contributed by atoms with van der Waals surface area (Å²) in [5, 5.41) is 5.09. The van der Waals surface area contributed by atoms with E-state index in [9.17, 15) is 9.59 Å². The van der Waals surface area contributed by atoms with Crippen molar-refractivity contribution in [1.82, 2.24) is 0 Å². The van der Waals surface area contributed by atoms with Crippen molar-refractivity contribution < 1.29 is 9.59 Å². The van der Waals surface area contributed by atoms with Crippen LogP contribution in [0.5, 0.6) is 0 Å². The molecule has 0 aliphatic rings. The predicted octanol–water partition coefficient (Wildman–Crippen LogP) is 3.33. The highest BCUT2D eigenvalue weighted by molar-refractivity contribution is 9.10. The van der Waals surface area contributed by atoms with Crippen LogP contribution in [-0.4, -0.2) is 11.8 Å². The Morgan fingerprint density at radius 3 is 2.10 bits per heavy atom. The van der Waals surface area contributed by atoms with Crippen molar-refractivity contribution in [3.8, 4) is 0 Å². The molecule has 0 unspecified atom stereocenters. The van der Waals surface area contributed by atoms with Crippen molar-refractivity contribution >= 4 is 39.1 Å². The molecule has 0 saturated carbocycles. The summed E-state index contributed by atoms with van der Waals surface area (Å²) < 4.78 is 0.948. The molecule has 5 heteroatoms. The Kier molecular flexibility index (Phi) is 4.53. The number of aryl methyl sites for hydroxylation is 1. The van der Waals surface area contributed by atoms with E-state index in [1.165, 1.54) is 0 Å². The first-order valence-electron chi connectivity index (χ1n) is 6.00. The zero-order valence-electron chi connectivity index (χ0n) is 10.8. The maximum absolute atomic E-state index is 11.8. The number of halogens is 1. The van der Waals surface area contributed by atoms with Crippen molar-refractivity contribution in [2.45, 2.75) is 6.92 Å². The van der Waals surface area contributed by atoms with Gasteiger partial charge >= 0.3 is 11.8 Å². The Bertz CT molecular complexity index is 642. The van der Waals surface area contributed by atoms with E-state index in [1.54, 1.807) is 36.4 Å². The van der Waals surface area contributed by atoms with Gasteiger partial charge in [-0.15, -0.1) is 0 Å². The molecule has 2 rings (SSSR count). The molecule has 20 heavy (non-hydrogen) atoms. The Hall–Kier alpha value is -2.14. The van der Waals surface area contributed by atoms with Gasteiger partial charge in [0.15, 0.2) is 0 Å². The summed E-state index contributed by atoms with van der Waals surface area (Å²) in [6.07, 6.45) is 0. The second-order valence-electron chi connectivity index (χ2n) is 4.24. The number of hydrogen-bond donors (Lipinski definition) is 2. The smallest absolute Gasteiger partial charge is 0.314 e. The summed E-state index contributed by atoms with van der Waals surface area (Å²) in [5.74, 6) is -1.40. The van der Waals surface area contributed by atoms with Crippen LogP contribution in [0.25, 0.3) is 0 Å². The number of benzene rings is 2. The molecule has 0 radical (unpaired) electrons. The third kappa shape index (κ3) is 3.68. The van der Waals surface area contributed by atoms with Crippen LogP contribution in [-0.2, 0) is 9.59 Å². The second-order valence-corrected chi connectivity index (χ2v) is 5.09. The van der Waals surface area contributed by atoms with Gasteiger partial charge in [-0.05, 0) is 42.8 Å². The van der Waals surface area contributed by atoms with Crippen LogP contribution in [0.4, 0.5) is 11.4 Å². The van der Waals surface area contributed by atoms with Crippen molar-refractivity contribution in [1.29, 1.82) is 0 Å². The fraction of sp³-hybridized carbons (Fsp3) is 0.0667. The van der Waals surface area contributed by atoms with Crippen LogP contribution >= 0.6 is 15.9 Å². The third-order valence-corrected chi connectivity index (χ3v) is 3.54. The molecule has 0 spiro atoms. The molecule has 2 N–H and O–H groups in total. The molecule has 2 aromatic rings. The van der Waals surface area contributed by atoms with Crippen LogP contribution in [0.15, 0.2) is 53.0 Å². The standard InChI is InChI=1S/C15H13BrN2O2/c1-10-9-12(7-8-13(10)16)18-15(20)14(19)17-11-5-3-2-4-6-11/h2-9H,1H3,(H,17,19)(H,18,20). The maximum atomic E-state index is 11.8. The van der Waals surface area contributed by atoms with E-state index >= 15 is 0 Å². The van der Waals surface area contributed by atoms with Crippen LogP contribution < -0.4 is 10.6 Å². The summed E-state index contributed by atoms with van der Waals surface area (Å²) in [7, 11) is 0. The lowest BCUT2D eigenvalue weighted by atomic mass is 10.2. The number of carbonyl (C=O) groups is 2. The normalized spacial score (nSPS) is 9.90. The first-order valence-corrected chi connectivity index (χ1v) is 6.79. The lowest BCUT2D eigenvalue weighted by Crippen LogP contribution is -2.29. The molecule has 0 atom stereocenters. The minimum absolute atomic E-state index is 0.582. The van der Waals surface area contributed by atoms with Crippen LogP contribution in [0.1, 0.15) is 5.56 Å². The second kappa shape index (κ2) is 6.34. The van der Waals surface area contributed by atoms with Crippen molar-refractivity contribution in [2.75, 3.05) is 10.6 Å². The highest BCUT2D eigenvalue weighted by Gasteiger charge is 2.14. The largest absolute Gasteiger partial charge is 0.318 e. The zero-order valence-corrected chi connectivity index (χ0v) is 12.4.